The van der Waals surface area contributed by atoms with Gasteiger partial charge in [-0.2, -0.15) is 0 Å². The van der Waals surface area contributed by atoms with Crippen molar-refractivity contribution in [2.75, 3.05) is 0 Å². The van der Waals surface area contributed by atoms with E-state index in [1.54, 1.807) is 0 Å². The van der Waals surface area contributed by atoms with E-state index in [1.807, 2.05) is 13.2 Å². The van der Waals surface area contributed by atoms with Gasteiger partial charge in [-0.25, -0.2) is 0 Å². The van der Waals surface area contributed by atoms with Crippen LogP contribution in [0.1, 0.15) is 65.7 Å². The third-order valence-electron chi connectivity index (χ3n) is 5.31. The molecule has 0 atom stereocenters. The van der Waals surface area contributed by atoms with Gasteiger partial charge in [0.2, 0.25) is 0 Å². The van der Waals surface area contributed by atoms with Crippen LogP contribution in [0.4, 0.5) is 0 Å². The van der Waals surface area contributed by atoms with Gasteiger partial charge in [0.15, 0.2) is 0 Å². The molecule has 0 saturated heterocycles. The van der Waals surface area contributed by atoms with Gasteiger partial charge in [-0.15, -0.1) is 0 Å². The van der Waals surface area contributed by atoms with E-state index in [-0.39, 0.29) is 0 Å². The van der Waals surface area contributed by atoms with Crippen molar-refractivity contribution in [1.29, 1.82) is 0 Å². The molecule has 3 rings (SSSR count). The van der Waals surface area contributed by atoms with E-state index in [9.17, 15) is 0 Å². The molecule has 0 unspecified atom stereocenters. The van der Waals surface area contributed by atoms with Crippen molar-refractivity contribution in [3.8, 4) is 0 Å². The Balaban J connectivity index is 2.01. The fraction of sp³-hybridized carbons (Fsp3) is 0.667. The van der Waals surface area contributed by atoms with E-state index in [2.05, 4.69) is 39.0 Å². The average Bonchev–Trinajstić information content (AvgIpc) is 2.37. The van der Waals surface area contributed by atoms with E-state index in [0.717, 1.165) is 0 Å². The van der Waals surface area contributed by atoms with Crippen LogP contribution < -0.4 is 0 Å². The third-order valence-corrected chi connectivity index (χ3v) is 17.2. The van der Waals surface area contributed by atoms with E-state index < -0.39 is 13.3 Å². The van der Waals surface area contributed by atoms with Gasteiger partial charge in [0, 0.05) is 0 Å². The molecule has 0 N–H and O–H groups in total. The molecule has 0 saturated carbocycles. The Morgan fingerprint density at radius 2 is 1.26 bits per heavy atom. The van der Waals surface area contributed by atoms with Gasteiger partial charge >= 0.3 is 121 Å². The molecule has 0 aromatic rings. The van der Waals surface area contributed by atoms with Gasteiger partial charge < -0.3 is 0 Å². The molecule has 0 nitrogen and oxygen atoms in total. The zero-order valence-corrected chi connectivity index (χ0v) is 15.0. The topological polar surface area (TPSA) is 0 Å². The Hall–Kier alpha value is -0.237. The van der Waals surface area contributed by atoms with Crippen LogP contribution in [0.2, 0.25) is 5.25 Å². The van der Waals surface area contributed by atoms with E-state index >= 15 is 0 Å². The second-order valence-electron chi connectivity index (χ2n) is 7.77. The predicted octanol–water partition coefficient (Wildman–Crippen LogP) is 5.65. The molecule has 3 heterocycles. The number of allylic oxidation sites excluding steroid dienone is 6. The van der Waals surface area contributed by atoms with Crippen LogP contribution in [0.25, 0.3) is 0 Å². The van der Waals surface area contributed by atoms with Gasteiger partial charge in [-0.1, -0.05) is 0 Å². The molecule has 0 radical (unpaired) electrons. The Morgan fingerprint density at radius 3 is 1.63 bits per heavy atom. The first-order chi connectivity index (χ1) is 9.02. The molecule has 19 heavy (non-hydrogen) atoms. The fourth-order valence-corrected chi connectivity index (χ4v) is 18.0. The summed E-state index contributed by atoms with van der Waals surface area (Å²) in [4.78, 5) is 0. The van der Waals surface area contributed by atoms with Crippen LogP contribution in [0.3, 0.4) is 0 Å². The molecule has 3 aliphatic heterocycles. The standard InChI is InChI=1S/C18H28Ge/c1-18(2,3)13-14-19-15-7-4-8-16(19)10-6-12-17(19)11-5-9-15/h7,10-11H,4-6,8-9,12-14H2,1-3H3. The molecule has 0 fully saturated rings. The molecule has 0 aromatic carbocycles. The normalized spacial score (nSPS) is 25.1. The van der Waals surface area contributed by atoms with E-state index in [4.69, 9.17) is 0 Å². The van der Waals surface area contributed by atoms with Crippen molar-refractivity contribution in [2.45, 2.75) is 71.0 Å². The molecule has 104 valence electrons. The summed E-state index contributed by atoms with van der Waals surface area (Å²) in [5.74, 6) is 0. The molecule has 0 aromatic heterocycles. The SMILES string of the molecule is CC(C)(C)C[CH2][Ge]12[C]3=CCC[C]1=CCC[C]2=CCC3. The molecular weight excluding hydrogens is 289 g/mol. The summed E-state index contributed by atoms with van der Waals surface area (Å²) in [6.45, 7) is 7.25. The molecule has 1 heteroatoms. The summed E-state index contributed by atoms with van der Waals surface area (Å²) in [5.41, 5.74) is 0.495. The zero-order chi connectivity index (χ0) is 13.5. The summed E-state index contributed by atoms with van der Waals surface area (Å²) in [5, 5.41) is 1.53. The van der Waals surface area contributed by atoms with Crippen LogP contribution in [-0.2, 0) is 0 Å². The number of rotatable bonds is 2. The Kier molecular flexibility index (Phi) is 3.58. The molecule has 0 bridgehead atoms. The minimum absolute atomic E-state index is 0.495. The van der Waals surface area contributed by atoms with Crippen molar-refractivity contribution in [3.63, 3.8) is 0 Å². The monoisotopic (exact) mass is 318 g/mol. The van der Waals surface area contributed by atoms with Crippen molar-refractivity contribution in [1.82, 2.24) is 0 Å². The van der Waals surface area contributed by atoms with Crippen molar-refractivity contribution in [2.24, 2.45) is 5.41 Å². The van der Waals surface area contributed by atoms with Crippen LogP contribution in [0.15, 0.2) is 31.4 Å². The van der Waals surface area contributed by atoms with Crippen molar-refractivity contribution < 1.29 is 0 Å². The van der Waals surface area contributed by atoms with Gasteiger partial charge in [0.25, 0.3) is 0 Å². The summed E-state index contributed by atoms with van der Waals surface area (Å²) in [6.07, 6.45) is 17.6. The second-order valence-corrected chi connectivity index (χ2v) is 16.7. The quantitative estimate of drug-likeness (QED) is 0.577. The molecule has 0 amide bonds. The zero-order valence-electron chi connectivity index (χ0n) is 12.9. The van der Waals surface area contributed by atoms with E-state index in [0.29, 0.717) is 5.41 Å². The molecule has 0 aliphatic carbocycles. The number of hydrogen-bond donors (Lipinski definition) is 0. The Morgan fingerprint density at radius 1 is 0.842 bits per heavy atom. The first-order valence-electron chi connectivity index (χ1n) is 8.11. The third kappa shape index (κ3) is 2.41. The summed E-state index contributed by atoms with van der Waals surface area (Å²) in [6, 6.07) is 0. The summed E-state index contributed by atoms with van der Waals surface area (Å²) < 4.78 is 5.87. The van der Waals surface area contributed by atoms with Crippen molar-refractivity contribution >= 4 is 13.3 Å². The molecular formula is C18H28Ge. The summed E-state index contributed by atoms with van der Waals surface area (Å²) in [7, 11) is 0. The van der Waals surface area contributed by atoms with E-state index in [1.165, 1.54) is 50.2 Å². The van der Waals surface area contributed by atoms with Crippen LogP contribution in [0.5, 0.6) is 0 Å². The summed E-state index contributed by atoms with van der Waals surface area (Å²) >= 11 is -1.98. The molecule has 3 aliphatic rings. The maximum absolute atomic E-state index is 2.66. The predicted molar refractivity (Wildman–Crippen MR) is 86.6 cm³/mol. The van der Waals surface area contributed by atoms with Gasteiger partial charge in [-0.05, 0) is 0 Å². The second kappa shape index (κ2) is 4.95. The number of hydrogen-bond acceptors (Lipinski definition) is 0. The fourth-order valence-electron chi connectivity index (χ4n) is 4.34. The minimum atomic E-state index is -1.98. The van der Waals surface area contributed by atoms with Gasteiger partial charge in [-0.3, -0.25) is 0 Å². The van der Waals surface area contributed by atoms with Crippen LogP contribution >= 0.6 is 0 Å². The first kappa shape index (κ1) is 13.7. The Labute approximate surface area is 121 Å². The maximum atomic E-state index is 2.66. The van der Waals surface area contributed by atoms with Gasteiger partial charge in [0.05, 0.1) is 0 Å². The van der Waals surface area contributed by atoms with Crippen LogP contribution in [0, 0.1) is 5.41 Å². The Bertz CT molecular complexity index is 402. The molecule has 0 spiro atoms. The van der Waals surface area contributed by atoms with Crippen molar-refractivity contribution in [3.05, 3.63) is 31.4 Å². The first-order valence-corrected chi connectivity index (χ1v) is 12.7. The average molecular weight is 317 g/mol. The van der Waals surface area contributed by atoms with Crippen LogP contribution in [-0.4, -0.2) is 13.3 Å². The van der Waals surface area contributed by atoms with Gasteiger partial charge in [0.1, 0.15) is 0 Å².